The first-order chi connectivity index (χ1) is 9.38. The molecule has 2 rings (SSSR count). The Morgan fingerprint density at radius 1 is 1.10 bits per heavy atom. The van der Waals surface area contributed by atoms with Gasteiger partial charge in [0.15, 0.2) is 5.75 Å². The molecule has 0 radical (unpaired) electrons. The summed E-state index contributed by atoms with van der Waals surface area (Å²) in [7, 11) is 0. The predicted octanol–water partition coefficient (Wildman–Crippen LogP) is 4.91. The van der Waals surface area contributed by atoms with E-state index in [-0.39, 0.29) is 5.41 Å². The summed E-state index contributed by atoms with van der Waals surface area (Å²) in [5, 5.41) is 0. The molecule has 0 amide bonds. The van der Waals surface area contributed by atoms with Crippen LogP contribution in [0.5, 0.6) is 5.75 Å². The van der Waals surface area contributed by atoms with E-state index in [4.69, 9.17) is 10.5 Å². The van der Waals surface area contributed by atoms with E-state index in [0.29, 0.717) is 18.0 Å². The van der Waals surface area contributed by atoms with Crippen molar-refractivity contribution < 1.29 is 4.74 Å². The van der Waals surface area contributed by atoms with Crippen LogP contribution in [0.3, 0.4) is 0 Å². The molecule has 0 saturated carbocycles. The highest BCUT2D eigenvalue weighted by Gasteiger charge is 2.17. The van der Waals surface area contributed by atoms with Crippen molar-refractivity contribution in [1.82, 2.24) is 0 Å². The van der Waals surface area contributed by atoms with Gasteiger partial charge in [-0.25, -0.2) is 0 Å². The summed E-state index contributed by atoms with van der Waals surface area (Å²) in [6.45, 7) is 7.01. The van der Waals surface area contributed by atoms with Gasteiger partial charge in [-0.15, -0.1) is 0 Å². The number of ether oxygens (including phenoxy) is 1. The van der Waals surface area contributed by atoms with Crippen LogP contribution in [-0.4, -0.2) is 0 Å². The largest absolute Gasteiger partial charge is 0.486 e. The molecular weight excluding hydrogens is 314 g/mol. The maximum Gasteiger partial charge on any atom is 0.156 e. The van der Waals surface area contributed by atoms with E-state index in [1.165, 1.54) is 5.56 Å². The molecular formula is C17H20BrNO. The third-order valence-electron chi connectivity index (χ3n) is 3.16. The summed E-state index contributed by atoms with van der Waals surface area (Å²) in [5.41, 5.74) is 9.17. The molecule has 0 aromatic heterocycles. The number of rotatable bonds is 3. The Hall–Kier alpha value is -1.48. The Labute approximate surface area is 129 Å². The number of hydrogen-bond donors (Lipinski definition) is 1. The van der Waals surface area contributed by atoms with Gasteiger partial charge in [-0.2, -0.15) is 0 Å². The van der Waals surface area contributed by atoms with Gasteiger partial charge in [0, 0.05) is 0 Å². The molecule has 2 aromatic rings. The zero-order chi connectivity index (χ0) is 14.8. The molecule has 0 atom stereocenters. The highest BCUT2D eigenvalue weighted by Crippen LogP contribution is 2.37. The Bertz CT molecular complexity index is 565. The monoisotopic (exact) mass is 333 g/mol. The Balaban J connectivity index is 2.21. The molecule has 0 saturated heterocycles. The van der Waals surface area contributed by atoms with Crippen molar-refractivity contribution in [3.8, 4) is 5.75 Å². The minimum absolute atomic E-state index is 0.0641. The van der Waals surface area contributed by atoms with Crippen LogP contribution in [0.4, 0.5) is 5.69 Å². The van der Waals surface area contributed by atoms with E-state index in [2.05, 4.69) is 42.8 Å². The van der Waals surface area contributed by atoms with Crippen molar-refractivity contribution in [3.63, 3.8) is 0 Å². The van der Waals surface area contributed by atoms with Gasteiger partial charge in [-0.3, -0.25) is 0 Å². The topological polar surface area (TPSA) is 35.2 Å². The van der Waals surface area contributed by atoms with E-state index < -0.39 is 0 Å². The summed E-state index contributed by atoms with van der Waals surface area (Å²) in [5.74, 6) is 0.710. The molecule has 0 aliphatic carbocycles. The zero-order valence-corrected chi connectivity index (χ0v) is 13.7. The van der Waals surface area contributed by atoms with E-state index in [9.17, 15) is 0 Å². The number of anilines is 1. The van der Waals surface area contributed by atoms with Crippen LogP contribution in [-0.2, 0) is 12.0 Å². The minimum Gasteiger partial charge on any atom is -0.486 e. The summed E-state index contributed by atoms with van der Waals surface area (Å²) in [6.07, 6.45) is 0. The number of benzene rings is 2. The lowest BCUT2D eigenvalue weighted by molar-refractivity contribution is 0.306. The summed E-state index contributed by atoms with van der Waals surface area (Å²) >= 11 is 3.56. The van der Waals surface area contributed by atoms with Gasteiger partial charge in [0.2, 0.25) is 0 Å². The lowest BCUT2D eigenvalue weighted by atomic mass is 9.87. The van der Waals surface area contributed by atoms with Crippen LogP contribution in [0, 0.1) is 0 Å². The molecule has 0 aliphatic rings. The second-order valence-corrected chi connectivity index (χ2v) is 6.76. The van der Waals surface area contributed by atoms with Gasteiger partial charge in [-0.05, 0) is 44.6 Å². The average Bonchev–Trinajstić information content (AvgIpc) is 2.37. The highest BCUT2D eigenvalue weighted by atomic mass is 79.9. The molecule has 0 fully saturated rings. The molecule has 20 heavy (non-hydrogen) atoms. The van der Waals surface area contributed by atoms with Crippen molar-refractivity contribution in [3.05, 3.63) is 58.1 Å². The van der Waals surface area contributed by atoms with Gasteiger partial charge in [-0.1, -0.05) is 51.1 Å². The maximum absolute atomic E-state index is 6.13. The molecule has 0 heterocycles. The fourth-order valence-electron chi connectivity index (χ4n) is 1.93. The van der Waals surface area contributed by atoms with E-state index in [0.717, 1.165) is 10.0 Å². The lowest BCUT2D eigenvalue weighted by Gasteiger charge is -2.21. The summed E-state index contributed by atoms with van der Waals surface area (Å²) in [6, 6.07) is 14.1. The van der Waals surface area contributed by atoms with Gasteiger partial charge < -0.3 is 10.5 Å². The van der Waals surface area contributed by atoms with Crippen LogP contribution >= 0.6 is 15.9 Å². The number of nitrogens with two attached hydrogens (primary N) is 1. The number of halogens is 1. The van der Waals surface area contributed by atoms with Crippen LogP contribution in [0.2, 0.25) is 0 Å². The van der Waals surface area contributed by atoms with E-state index in [1.807, 2.05) is 36.4 Å². The van der Waals surface area contributed by atoms with E-state index >= 15 is 0 Å². The first-order valence-corrected chi connectivity index (χ1v) is 7.43. The first-order valence-electron chi connectivity index (χ1n) is 6.64. The highest BCUT2D eigenvalue weighted by molar-refractivity contribution is 9.10. The van der Waals surface area contributed by atoms with Crippen LogP contribution in [0.1, 0.15) is 31.9 Å². The van der Waals surface area contributed by atoms with Crippen LogP contribution < -0.4 is 10.5 Å². The fourth-order valence-corrected chi connectivity index (χ4v) is 2.52. The molecule has 2 aromatic carbocycles. The number of nitrogen functional groups attached to an aromatic ring is 1. The second kappa shape index (κ2) is 5.88. The van der Waals surface area contributed by atoms with Gasteiger partial charge >= 0.3 is 0 Å². The third kappa shape index (κ3) is 3.54. The Kier molecular flexibility index (Phi) is 4.39. The average molecular weight is 334 g/mol. The summed E-state index contributed by atoms with van der Waals surface area (Å²) in [4.78, 5) is 0. The third-order valence-corrected chi connectivity index (χ3v) is 3.75. The minimum atomic E-state index is 0.0641. The Morgan fingerprint density at radius 3 is 2.30 bits per heavy atom. The molecule has 2 N–H and O–H groups in total. The Morgan fingerprint density at radius 2 is 1.75 bits per heavy atom. The smallest absolute Gasteiger partial charge is 0.156 e. The molecule has 3 heteroatoms. The molecule has 106 valence electrons. The standard InChI is InChI=1S/C17H20BrNO/c1-17(2,3)13-9-14(18)16(15(19)10-13)20-11-12-7-5-4-6-8-12/h4-10H,11,19H2,1-3H3. The van der Waals surface area contributed by atoms with E-state index in [1.54, 1.807) is 0 Å². The normalized spacial score (nSPS) is 11.4. The second-order valence-electron chi connectivity index (χ2n) is 5.90. The molecule has 0 bridgehead atoms. The van der Waals surface area contributed by atoms with Gasteiger partial charge in [0.25, 0.3) is 0 Å². The van der Waals surface area contributed by atoms with Crippen molar-refractivity contribution in [2.24, 2.45) is 0 Å². The maximum atomic E-state index is 6.13. The fraction of sp³-hybridized carbons (Fsp3) is 0.294. The van der Waals surface area contributed by atoms with Crippen molar-refractivity contribution >= 4 is 21.6 Å². The molecule has 0 unspecified atom stereocenters. The van der Waals surface area contributed by atoms with Gasteiger partial charge in [0.05, 0.1) is 10.2 Å². The number of hydrogen-bond acceptors (Lipinski definition) is 2. The molecule has 0 aliphatic heterocycles. The van der Waals surface area contributed by atoms with Crippen molar-refractivity contribution in [2.75, 3.05) is 5.73 Å². The van der Waals surface area contributed by atoms with Crippen LogP contribution in [0.25, 0.3) is 0 Å². The SMILES string of the molecule is CC(C)(C)c1cc(N)c(OCc2ccccc2)c(Br)c1. The first kappa shape index (κ1) is 14.9. The lowest BCUT2D eigenvalue weighted by Crippen LogP contribution is -2.12. The van der Waals surface area contributed by atoms with Crippen molar-refractivity contribution in [1.29, 1.82) is 0 Å². The van der Waals surface area contributed by atoms with Crippen molar-refractivity contribution in [2.45, 2.75) is 32.8 Å². The molecule has 0 spiro atoms. The summed E-state index contributed by atoms with van der Waals surface area (Å²) < 4.78 is 6.75. The zero-order valence-electron chi connectivity index (χ0n) is 12.1. The quantitative estimate of drug-likeness (QED) is 0.810. The van der Waals surface area contributed by atoms with Crippen LogP contribution in [0.15, 0.2) is 46.9 Å². The predicted molar refractivity (Wildman–Crippen MR) is 88.0 cm³/mol. The van der Waals surface area contributed by atoms with Gasteiger partial charge in [0.1, 0.15) is 6.61 Å². The molecule has 2 nitrogen and oxygen atoms in total.